The minimum Gasteiger partial charge on any atom is -0.456 e. The minimum absolute atomic E-state index is 0.418. The van der Waals surface area contributed by atoms with Gasteiger partial charge in [-0.3, -0.25) is 0 Å². The fraction of sp³-hybridized carbons (Fsp3) is 0.0164. The largest absolute Gasteiger partial charge is 0.456 e. The second-order valence-corrected chi connectivity index (χ2v) is 17.1. The van der Waals surface area contributed by atoms with Crippen LogP contribution in [0.25, 0.3) is 87.6 Å². The van der Waals surface area contributed by atoms with Crippen LogP contribution >= 0.6 is 0 Å². The Kier molecular flexibility index (Phi) is 7.07. The molecule has 1 heterocycles. The number of anilines is 3. The van der Waals surface area contributed by atoms with Gasteiger partial charge in [0, 0.05) is 33.2 Å². The topological polar surface area (TPSA) is 16.4 Å². The molecule has 0 amide bonds. The summed E-state index contributed by atoms with van der Waals surface area (Å²) in [5.74, 6) is 0. The number of hydrogen-bond acceptors (Lipinski definition) is 2. The van der Waals surface area contributed by atoms with Crippen molar-refractivity contribution < 1.29 is 4.42 Å². The van der Waals surface area contributed by atoms with Gasteiger partial charge in [0.1, 0.15) is 11.2 Å². The molecule has 0 N–H and O–H groups in total. The first-order valence-electron chi connectivity index (χ1n) is 21.8. The molecule has 0 saturated heterocycles. The van der Waals surface area contributed by atoms with Gasteiger partial charge in [-0.1, -0.05) is 170 Å². The summed E-state index contributed by atoms with van der Waals surface area (Å²) in [7, 11) is 0. The zero-order valence-corrected chi connectivity index (χ0v) is 34.2. The van der Waals surface area contributed by atoms with E-state index in [0.717, 1.165) is 33.6 Å². The van der Waals surface area contributed by atoms with Crippen LogP contribution in [0.2, 0.25) is 0 Å². The van der Waals surface area contributed by atoms with E-state index in [9.17, 15) is 0 Å². The van der Waals surface area contributed by atoms with Crippen molar-refractivity contribution in [2.75, 3.05) is 4.90 Å². The molecule has 0 aliphatic heterocycles. The molecule has 14 rings (SSSR count). The van der Waals surface area contributed by atoms with Gasteiger partial charge in [0.05, 0.1) is 5.41 Å². The summed E-state index contributed by atoms with van der Waals surface area (Å²) in [6.45, 7) is 0. The lowest BCUT2D eigenvalue weighted by Gasteiger charge is -2.32. The predicted octanol–water partition coefficient (Wildman–Crippen LogP) is 16.5. The highest BCUT2D eigenvalue weighted by Crippen LogP contribution is 2.63. The van der Waals surface area contributed by atoms with Crippen molar-refractivity contribution in [3.05, 3.63) is 247 Å². The van der Waals surface area contributed by atoms with E-state index < -0.39 is 5.41 Å². The molecular formula is C61H37NO. The summed E-state index contributed by atoms with van der Waals surface area (Å²) < 4.78 is 6.39. The predicted molar refractivity (Wildman–Crippen MR) is 263 cm³/mol. The normalized spacial score (nSPS) is 13.2. The molecule has 2 heteroatoms. The van der Waals surface area contributed by atoms with Gasteiger partial charge < -0.3 is 9.32 Å². The molecule has 0 bridgehead atoms. The van der Waals surface area contributed by atoms with E-state index >= 15 is 0 Å². The molecular weight excluding hydrogens is 763 g/mol. The molecule has 0 radical (unpaired) electrons. The molecule has 2 aliphatic carbocycles. The van der Waals surface area contributed by atoms with Crippen molar-refractivity contribution in [1.29, 1.82) is 0 Å². The van der Waals surface area contributed by atoms with E-state index in [1.165, 1.54) is 93.3 Å². The van der Waals surface area contributed by atoms with E-state index in [4.69, 9.17) is 4.42 Å². The molecule has 292 valence electrons. The number of benzene rings is 11. The van der Waals surface area contributed by atoms with Gasteiger partial charge in [-0.2, -0.15) is 0 Å². The summed E-state index contributed by atoms with van der Waals surface area (Å²) in [6.07, 6.45) is 0. The maximum Gasteiger partial charge on any atom is 0.136 e. The lowest BCUT2D eigenvalue weighted by atomic mass is 9.70. The van der Waals surface area contributed by atoms with Crippen molar-refractivity contribution in [3.63, 3.8) is 0 Å². The van der Waals surface area contributed by atoms with Crippen LogP contribution in [0.5, 0.6) is 0 Å². The highest BCUT2D eigenvalue weighted by Gasteiger charge is 2.51. The maximum absolute atomic E-state index is 6.39. The quantitative estimate of drug-likeness (QED) is 0.165. The van der Waals surface area contributed by atoms with Gasteiger partial charge >= 0.3 is 0 Å². The van der Waals surface area contributed by atoms with E-state index in [1.807, 2.05) is 6.07 Å². The summed E-state index contributed by atoms with van der Waals surface area (Å²) >= 11 is 0. The average Bonchev–Trinajstić information content (AvgIpc) is 3.99. The van der Waals surface area contributed by atoms with E-state index in [0.29, 0.717) is 0 Å². The minimum atomic E-state index is -0.418. The van der Waals surface area contributed by atoms with Crippen LogP contribution in [0.1, 0.15) is 22.3 Å². The van der Waals surface area contributed by atoms with Crippen molar-refractivity contribution in [2.45, 2.75) is 5.41 Å². The highest BCUT2D eigenvalue weighted by molar-refractivity contribution is 6.36. The fourth-order valence-corrected chi connectivity index (χ4v) is 11.6. The molecule has 63 heavy (non-hydrogen) atoms. The van der Waals surface area contributed by atoms with Crippen LogP contribution in [0.3, 0.4) is 0 Å². The smallest absolute Gasteiger partial charge is 0.136 e. The second kappa shape index (κ2) is 12.9. The Labute approximate surface area is 364 Å². The highest BCUT2D eigenvalue weighted by atomic mass is 16.3. The summed E-state index contributed by atoms with van der Waals surface area (Å²) in [5.41, 5.74) is 17.8. The Bertz CT molecular complexity index is 3760. The standard InChI is InChI=1S/C61H37NO/c1-2-15-39(16-3-1)62(41-33-34-46-45-19-8-12-27-54(45)61(55(46)37-41)52-25-10-6-17-43(52)44-18-7-11-26-53(44)61)40-31-29-38(30-32-40)42-23-14-24-48-50-35-36-57-60(51-22-9-13-28-56(51)63-57)59(50)49-21-5-4-20-47(49)58(42)48/h1-37H. The number of fused-ring (bicyclic) bond motifs is 20. The number of nitrogens with zero attached hydrogens (tertiary/aromatic N) is 1. The molecule has 0 saturated carbocycles. The Morgan fingerprint density at radius 3 is 1.46 bits per heavy atom. The first-order chi connectivity index (χ1) is 31.3. The van der Waals surface area contributed by atoms with Gasteiger partial charge in [0.25, 0.3) is 0 Å². The molecule has 11 aromatic carbocycles. The summed E-state index contributed by atoms with van der Waals surface area (Å²) in [4.78, 5) is 2.42. The third-order valence-electron chi connectivity index (χ3n) is 14.1. The van der Waals surface area contributed by atoms with Gasteiger partial charge in [-0.25, -0.2) is 0 Å². The first-order valence-corrected chi connectivity index (χ1v) is 21.8. The van der Waals surface area contributed by atoms with Crippen LogP contribution in [-0.4, -0.2) is 0 Å². The zero-order valence-electron chi connectivity index (χ0n) is 34.2. The monoisotopic (exact) mass is 799 g/mol. The fourth-order valence-electron chi connectivity index (χ4n) is 11.6. The third kappa shape index (κ3) is 4.62. The van der Waals surface area contributed by atoms with E-state index in [2.05, 4.69) is 223 Å². The van der Waals surface area contributed by atoms with Gasteiger partial charge in [0.15, 0.2) is 0 Å². The van der Waals surface area contributed by atoms with Crippen LogP contribution in [-0.2, 0) is 5.41 Å². The van der Waals surface area contributed by atoms with Crippen LogP contribution in [0.15, 0.2) is 229 Å². The van der Waals surface area contributed by atoms with Crippen LogP contribution < -0.4 is 4.90 Å². The Morgan fingerprint density at radius 2 is 0.778 bits per heavy atom. The molecule has 2 nitrogen and oxygen atoms in total. The molecule has 0 fully saturated rings. The van der Waals surface area contributed by atoms with E-state index in [1.54, 1.807) is 0 Å². The van der Waals surface area contributed by atoms with Crippen LogP contribution in [0.4, 0.5) is 17.1 Å². The molecule has 0 atom stereocenters. The van der Waals surface area contributed by atoms with Crippen molar-refractivity contribution in [3.8, 4) is 33.4 Å². The molecule has 12 aromatic rings. The van der Waals surface area contributed by atoms with Crippen molar-refractivity contribution in [2.24, 2.45) is 0 Å². The number of furan rings is 1. The lowest BCUT2D eigenvalue weighted by molar-refractivity contribution is 0.669. The van der Waals surface area contributed by atoms with Gasteiger partial charge in [-0.15, -0.1) is 0 Å². The van der Waals surface area contributed by atoms with Crippen LogP contribution in [0, 0.1) is 0 Å². The summed E-state index contributed by atoms with van der Waals surface area (Å²) in [5, 5.41) is 9.80. The van der Waals surface area contributed by atoms with Crippen molar-refractivity contribution in [1.82, 2.24) is 0 Å². The number of rotatable bonds is 4. The third-order valence-corrected chi connectivity index (χ3v) is 14.1. The zero-order chi connectivity index (χ0) is 41.2. The maximum atomic E-state index is 6.39. The Hall–Kier alpha value is -8.20. The Morgan fingerprint density at radius 1 is 0.286 bits per heavy atom. The summed E-state index contributed by atoms with van der Waals surface area (Å²) in [6, 6.07) is 82.7. The molecule has 0 unspecified atom stereocenters. The lowest BCUT2D eigenvalue weighted by Crippen LogP contribution is -2.26. The molecule has 1 spiro atoms. The number of hydrogen-bond donors (Lipinski definition) is 0. The second-order valence-electron chi connectivity index (χ2n) is 17.1. The van der Waals surface area contributed by atoms with Gasteiger partial charge in [0.2, 0.25) is 0 Å². The number of para-hydroxylation sites is 2. The Balaban J connectivity index is 0.954. The van der Waals surface area contributed by atoms with Gasteiger partial charge in [-0.05, 0) is 137 Å². The molecule has 1 aromatic heterocycles. The first kappa shape index (κ1) is 34.5. The SMILES string of the molecule is c1ccc(N(c2ccc(-c3cccc4c5ccc6oc7ccccc7c6c5c5ccccc5c34)cc2)c2ccc3c(c2)C2(c4ccccc4-c4ccccc42)c2ccccc2-3)cc1. The van der Waals surface area contributed by atoms with E-state index in [-0.39, 0.29) is 0 Å². The average molecular weight is 800 g/mol. The van der Waals surface area contributed by atoms with Crippen molar-refractivity contribution >= 4 is 71.3 Å². The molecule has 2 aliphatic rings.